The quantitative estimate of drug-likeness (QED) is 0.456. The lowest BCUT2D eigenvalue weighted by Crippen LogP contribution is -2.26. The largest absolute Gasteiger partial charge is 0.399 e. The number of nitrogens with one attached hydrogen (secondary N) is 1. The minimum absolute atomic E-state index is 0.114. The Kier molecular flexibility index (Phi) is 5.74. The number of oxime groups is 1. The van der Waals surface area contributed by atoms with Crippen molar-refractivity contribution in [3.8, 4) is 0 Å². The Labute approximate surface area is 100 Å². The van der Waals surface area contributed by atoms with Crippen molar-refractivity contribution in [1.82, 2.24) is 5.32 Å². The van der Waals surface area contributed by atoms with Crippen molar-refractivity contribution in [2.24, 2.45) is 5.16 Å². The van der Waals surface area contributed by atoms with Crippen molar-refractivity contribution in [2.75, 3.05) is 27.4 Å². The fourth-order valence-corrected chi connectivity index (χ4v) is 1.20. The summed E-state index contributed by atoms with van der Waals surface area (Å²) in [5.41, 5.74) is 1.48. The van der Waals surface area contributed by atoms with E-state index in [4.69, 9.17) is 4.74 Å². The van der Waals surface area contributed by atoms with E-state index in [1.54, 1.807) is 37.6 Å². The Bertz CT molecular complexity index is 374. The Hall–Kier alpha value is -1.88. The number of amides is 1. The molecule has 1 rings (SSSR count). The van der Waals surface area contributed by atoms with E-state index in [1.165, 1.54) is 7.11 Å². The van der Waals surface area contributed by atoms with E-state index in [1.807, 2.05) is 0 Å². The minimum atomic E-state index is -0.114. The van der Waals surface area contributed by atoms with Gasteiger partial charge in [-0.3, -0.25) is 4.79 Å². The van der Waals surface area contributed by atoms with Gasteiger partial charge in [-0.25, -0.2) is 0 Å². The molecule has 5 nitrogen and oxygen atoms in total. The number of benzene rings is 1. The average Bonchev–Trinajstić information content (AvgIpc) is 2.37. The van der Waals surface area contributed by atoms with Gasteiger partial charge in [0.1, 0.15) is 7.11 Å². The summed E-state index contributed by atoms with van der Waals surface area (Å²) in [7, 11) is 3.07. The minimum Gasteiger partial charge on any atom is -0.399 e. The summed E-state index contributed by atoms with van der Waals surface area (Å²) in [6.07, 6.45) is 1.58. The van der Waals surface area contributed by atoms with Crippen LogP contribution >= 0.6 is 0 Å². The van der Waals surface area contributed by atoms with Crippen molar-refractivity contribution >= 4 is 12.1 Å². The third-order valence-electron chi connectivity index (χ3n) is 2.07. The van der Waals surface area contributed by atoms with Gasteiger partial charge in [-0.2, -0.15) is 0 Å². The van der Waals surface area contributed by atoms with Crippen LogP contribution < -0.4 is 5.32 Å². The maximum Gasteiger partial charge on any atom is 0.251 e. The molecule has 0 atom stereocenters. The standard InChI is InChI=1S/C12H16N2O3/c1-16-8-7-13-12(15)11-5-3-10(4-6-11)9-14-17-2/h3-6,9H,7-8H2,1-2H3,(H,13,15)/b14-9+. The Morgan fingerprint density at radius 2 is 2.06 bits per heavy atom. The van der Waals surface area contributed by atoms with Gasteiger partial charge >= 0.3 is 0 Å². The summed E-state index contributed by atoms with van der Waals surface area (Å²) in [4.78, 5) is 16.2. The van der Waals surface area contributed by atoms with Crippen LogP contribution in [0.1, 0.15) is 15.9 Å². The predicted octanol–water partition coefficient (Wildman–Crippen LogP) is 1.04. The predicted molar refractivity (Wildman–Crippen MR) is 65.3 cm³/mol. The number of hydrogen-bond donors (Lipinski definition) is 1. The van der Waals surface area contributed by atoms with Crippen molar-refractivity contribution in [2.45, 2.75) is 0 Å². The molecule has 0 fully saturated rings. The van der Waals surface area contributed by atoms with Crippen LogP contribution in [0.2, 0.25) is 0 Å². The van der Waals surface area contributed by atoms with Gasteiger partial charge in [0.05, 0.1) is 12.8 Å². The highest BCUT2D eigenvalue weighted by Crippen LogP contribution is 2.02. The zero-order chi connectivity index (χ0) is 12.5. The Morgan fingerprint density at radius 1 is 1.35 bits per heavy atom. The Balaban J connectivity index is 2.54. The normalized spacial score (nSPS) is 10.5. The first-order valence-electron chi connectivity index (χ1n) is 5.21. The SMILES string of the molecule is COCCNC(=O)c1ccc(/C=N/OC)cc1. The van der Waals surface area contributed by atoms with Crippen molar-refractivity contribution in [3.63, 3.8) is 0 Å². The van der Waals surface area contributed by atoms with Gasteiger partial charge in [-0.1, -0.05) is 17.3 Å². The first kappa shape index (κ1) is 13.2. The number of nitrogens with zero attached hydrogens (tertiary/aromatic N) is 1. The van der Waals surface area contributed by atoms with E-state index in [0.717, 1.165) is 5.56 Å². The molecule has 0 saturated carbocycles. The molecular formula is C12H16N2O3. The lowest BCUT2D eigenvalue weighted by atomic mass is 10.1. The van der Waals surface area contributed by atoms with Crippen LogP contribution in [0.3, 0.4) is 0 Å². The topological polar surface area (TPSA) is 59.9 Å². The van der Waals surface area contributed by atoms with Gasteiger partial charge in [0, 0.05) is 19.2 Å². The molecule has 1 aromatic carbocycles. The van der Waals surface area contributed by atoms with Crippen LogP contribution in [0.4, 0.5) is 0 Å². The molecule has 0 aliphatic rings. The molecule has 0 unspecified atom stereocenters. The molecule has 17 heavy (non-hydrogen) atoms. The van der Waals surface area contributed by atoms with Crippen LogP contribution in [0.5, 0.6) is 0 Å². The van der Waals surface area contributed by atoms with Crippen molar-refractivity contribution in [3.05, 3.63) is 35.4 Å². The van der Waals surface area contributed by atoms with Gasteiger partial charge < -0.3 is 14.9 Å². The van der Waals surface area contributed by atoms with Crippen LogP contribution in [0.25, 0.3) is 0 Å². The molecule has 0 aliphatic carbocycles. The fraction of sp³-hybridized carbons (Fsp3) is 0.333. The van der Waals surface area contributed by atoms with E-state index >= 15 is 0 Å². The zero-order valence-corrected chi connectivity index (χ0v) is 9.97. The van der Waals surface area contributed by atoms with Gasteiger partial charge in [-0.05, 0) is 17.7 Å². The summed E-state index contributed by atoms with van der Waals surface area (Å²) in [5.74, 6) is -0.114. The lowest BCUT2D eigenvalue weighted by molar-refractivity contribution is 0.0937. The van der Waals surface area contributed by atoms with Gasteiger partial charge in [0.2, 0.25) is 0 Å². The van der Waals surface area contributed by atoms with Crippen molar-refractivity contribution < 1.29 is 14.4 Å². The number of carbonyl (C=O) groups excluding carboxylic acids is 1. The second-order valence-electron chi connectivity index (χ2n) is 3.29. The van der Waals surface area contributed by atoms with Gasteiger partial charge in [0.15, 0.2) is 0 Å². The maximum absolute atomic E-state index is 11.6. The summed E-state index contributed by atoms with van der Waals surface area (Å²) in [6, 6.07) is 7.07. The molecule has 1 aromatic rings. The third-order valence-corrected chi connectivity index (χ3v) is 2.07. The second-order valence-corrected chi connectivity index (χ2v) is 3.29. The Morgan fingerprint density at radius 3 is 2.65 bits per heavy atom. The van der Waals surface area contributed by atoms with E-state index in [2.05, 4.69) is 15.3 Å². The molecule has 0 spiro atoms. The van der Waals surface area contributed by atoms with E-state index in [-0.39, 0.29) is 5.91 Å². The molecule has 0 aromatic heterocycles. The number of methoxy groups -OCH3 is 1. The average molecular weight is 236 g/mol. The highest BCUT2D eigenvalue weighted by Gasteiger charge is 2.03. The highest BCUT2D eigenvalue weighted by atomic mass is 16.6. The lowest BCUT2D eigenvalue weighted by Gasteiger charge is -2.04. The van der Waals surface area contributed by atoms with Crippen LogP contribution in [0, 0.1) is 0 Å². The summed E-state index contributed by atoms with van der Waals surface area (Å²) in [6.45, 7) is 1.01. The van der Waals surface area contributed by atoms with Gasteiger partial charge in [-0.15, -0.1) is 0 Å². The highest BCUT2D eigenvalue weighted by molar-refractivity contribution is 5.94. The van der Waals surface area contributed by atoms with Gasteiger partial charge in [0.25, 0.3) is 5.91 Å². The molecular weight excluding hydrogens is 220 g/mol. The molecule has 0 radical (unpaired) electrons. The first-order chi connectivity index (χ1) is 8.27. The maximum atomic E-state index is 11.6. The molecule has 0 heterocycles. The molecule has 0 bridgehead atoms. The van der Waals surface area contributed by atoms with Crippen LogP contribution in [-0.4, -0.2) is 39.5 Å². The molecule has 92 valence electrons. The second kappa shape index (κ2) is 7.40. The third kappa shape index (κ3) is 4.65. The zero-order valence-electron chi connectivity index (χ0n) is 9.97. The molecule has 0 aliphatic heterocycles. The van der Waals surface area contributed by atoms with E-state index < -0.39 is 0 Å². The summed E-state index contributed by atoms with van der Waals surface area (Å²) >= 11 is 0. The molecule has 5 heteroatoms. The number of ether oxygens (including phenoxy) is 1. The van der Waals surface area contributed by atoms with E-state index in [0.29, 0.717) is 18.7 Å². The molecule has 1 N–H and O–H groups in total. The number of rotatable bonds is 6. The number of carbonyl (C=O) groups is 1. The fourth-order valence-electron chi connectivity index (χ4n) is 1.20. The van der Waals surface area contributed by atoms with Crippen LogP contribution in [-0.2, 0) is 9.57 Å². The van der Waals surface area contributed by atoms with Crippen molar-refractivity contribution in [1.29, 1.82) is 0 Å². The molecule has 1 amide bonds. The summed E-state index contributed by atoms with van der Waals surface area (Å²) < 4.78 is 4.85. The molecule has 0 saturated heterocycles. The first-order valence-corrected chi connectivity index (χ1v) is 5.21. The monoisotopic (exact) mass is 236 g/mol. The van der Waals surface area contributed by atoms with Crippen LogP contribution in [0.15, 0.2) is 29.4 Å². The smallest absolute Gasteiger partial charge is 0.251 e. The summed E-state index contributed by atoms with van der Waals surface area (Å²) in [5, 5.41) is 6.38. The number of hydrogen-bond acceptors (Lipinski definition) is 4. The van der Waals surface area contributed by atoms with E-state index in [9.17, 15) is 4.79 Å².